The number of rotatable bonds is 7. The van der Waals surface area contributed by atoms with Gasteiger partial charge in [-0.1, -0.05) is 6.07 Å². The van der Waals surface area contributed by atoms with E-state index in [9.17, 15) is 13.6 Å². The fourth-order valence-corrected chi connectivity index (χ4v) is 5.35. The van der Waals surface area contributed by atoms with Crippen molar-refractivity contribution in [2.45, 2.75) is 71.0 Å². The predicted molar refractivity (Wildman–Crippen MR) is 138 cm³/mol. The van der Waals surface area contributed by atoms with Gasteiger partial charge in [-0.2, -0.15) is 9.97 Å². The van der Waals surface area contributed by atoms with E-state index in [4.69, 9.17) is 4.74 Å². The van der Waals surface area contributed by atoms with Crippen molar-refractivity contribution in [3.05, 3.63) is 30.2 Å². The van der Waals surface area contributed by atoms with E-state index in [1.165, 1.54) is 4.57 Å². The second-order valence-corrected chi connectivity index (χ2v) is 10.0. The standard InChI is InChI=1S/C26H31F2N7O2/c1-14-30-19-6-5-16(11-20(19)35(14)13-21(27)28)18-12-29-23-22(18)24(37-4)33-25(32-23)31-17-7-9-26(3,10-8-17)34-15(2)36/h5-6,11-12,17,21H,7-10,13H2,1-4H3,(H,34,36)(H2,29,31,32,33)/t17-,26-. The minimum absolute atomic E-state index is 0.0114. The Morgan fingerprint density at radius 2 is 2.03 bits per heavy atom. The lowest BCUT2D eigenvalue weighted by atomic mass is 9.81. The maximum atomic E-state index is 13.2. The van der Waals surface area contributed by atoms with Gasteiger partial charge in [-0.15, -0.1) is 0 Å². The number of amides is 1. The number of hydrogen-bond donors (Lipinski definition) is 3. The predicted octanol–water partition coefficient (Wildman–Crippen LogP) is 4.81. The summed E-state index contributed by atoms with van der Waals surface area (Å²) in [4.78, 5) is 28.5. The van der Waals surface area contributed by atoms with Crippen LogP contribution in [0.1, 0.15) is 45.4 Å². The van der Waals surface area contributed by atoms with Gasteiger partial charge in [-0.3, -0.25) is 4.79 Å². The fourth-order valence-electron chi connectivity index (χ4n) is 5.35. The van der Waals surface area contributed by atoms with Gasteiger partial charge in [0.1, 0.15) is 11.5 Å². The number of carbonyl (C=O) groups is 1. The van der Waals surface area contributed by atoms with Crippen molar-refractivity contribution < 1.29 is 18.3 Å². The third-order valence-electron chi connectivity index (χ3n) is 7.16. The fraction of sp³-hybridized carbons (Fsp3) is 0.462. The highest BCUT2D eigenvalue weighted by Crippen LogP contribution is 2.36. The number of methoxy groups -OCH3 is 1. The van der Waals surface area contributed by atoms with Gasteiger partial charge in [-0.05, 0) is 57.2 Å². The normalized spacial score (nSPS) is 20.0. The van der Waals surface area contributed by atoms with Crippen LogP contribution in [-0.2, 0) is 11.3 Å². The SMILES string of the molecule is COc1nc(N[C@H]2CC[C@](C)(NC(C)=O)CC2)nc2[nH]cc(-c3ccc4nc(C)n(CC(F)F)c4c3)c12. The first kappa shape index (κ1) is 24.9. The van der Waals surface area contributed by atoms with Crippen LogP contribution in [0, 0.1) is 6.92 Å². The van der Waals surface area contributed by atoms with E-state index in [-0.39, 0.29) is 17.5 Å². The van der Waals surface area contributed by atoms with Gasteiger partial charge in [0, 0.05) is 30.3 Å². The largest absolute Gasteiger partial charge is 0.480 e. The van der Waals surface area contributed by atoms with Gasteiger partial charge in [0.05, 0.1) is 30.1 Å². The summed E-state index contributed by atoms with van der Waals surface area (Å²) >= 11 is 0. The van der Waals surface area contributed by atoms with Gasteiger partial charge in [-0.25, -0.2) is 13.8 Å². The number of ether oxygens (including phenoxy) is 1. The zero-order chi connectivity index (χ0) is 26.3. The topological polar surface area (TPSA) is 110 Å². The summed E-state index contributed by atoms with van der Waals surface area (Å²) in [6, 6.07) is 5.78. The van der Waals surface area contributed by atoms with Crippen LogP contribution in [0.15, 0.2) is 24.4 Å². The smallest absolute Gasteiger partial charge is 0.256 e. The van der Waals surface area contributed by atoms with E-state index >= 15 is 0 Å². The van der Waals surface area contributed by atoms with Crippen molar-refractivity contribution in [1.82, 2.24) is 29.8 Å². The van der Waals surface area contributed by atoms with Gasteiger partial charge in [0.15, 0.2) is 0 Å². The van der Waals surface area contributed by atoms with Crippen molar-refractivity contribution in [3.63, 3.8) is 0 Å². The Balaban J connectivity index is 1.43. The van der Waals surface area contributed by atoms with E-state index < -0.39 is 13.0 Å². The summed E-state index contributed by atoms with van der Waals surface area (Å²) in [5, 5.41) is 7.20. The van der Waals surface area contributed by atoms with Crippen molar-refractivity contribution in [2.24, 2.45) is 0 Å². The molecule has 0 spiro atoms. The highest BCUT2D eigenvalue weighted by Gasteiger charge is 2.32. The number of alkyl halides is 2. The molecule has 1 saturated carbocycles. The monoisotopic (exact) mass is 511 g/mol. The molecule has 1 fully saturated rings. The first-order chi connectivity index (χ1) is 17.7. The highest BCUT2D eigenvalue weighted by atomic mass is 19.3. The molecule has 1 amide bonds. The van der Waals surface area contributed by atoms with Crippen molar-refractivity contribution in [3.8, 4) is 17.0 Å². The van der Waals surface area contributed by atoms with Crippen LogP contribution in [0.25, 0.3) is 33.2 Å². The van der Waals surface area contributed by atoms with E-state index in [0.29, 0.717) is 39.7 Å². The lowest BCUT2D eigenvalue weighted by Gasteiger charge is -2.38. The zero-order valence-corrected chi connectivity index (χ0v) is 21.4. The van der Waals surface area contributed by atoms with Gasteiger partial charge in [0.2, 0.25) is 17.7 Å². The molecule has 3 heterocycles. The maximum absolute atomic E-state index is 13.2. The van der Waals surface area contributed by atoms with E-state index in [2.05, 4.69) is 37.5 Å². The van der Waals surface area contributed by atoms with Gasteiger partial charge >= 0.3 is 0 Å². The summed E-state index contributed by atoms with van der Waals surface area (Å²) in [7, 11) is 1.56. The molecule has 0 aliphatic heterocycles. The van der Waals surface area contributed by atoms with E-state index in [1.807, 2.05) is 24.4 Å². The lowest BCUT2D eigenvalue weighted by molar-refractivity contribution is -0.121. The molecule has 1 aromatic carbocycles. The number of anilines is 1. The van der Waals surface area contributed by atoms with Gasteiger partial charge in [0.25, 0.3) is 6.43 Å². The maximum Gasteiger partial charge on any atom is 0.256 e. The first-order valence-electron chi connectivity index (χ1n) is 12.4. The number of halogens is 2. The molecular weight excluding hydrogens is 480 g/mol. The summed E-state index contributed by atoms with van der Waals surface area (Å²) in [6.45, 7) is 4.94. The number of H-pyrrole nitrogens is 1. The number of carbonyl (C=O) groups excluding carboxylic acids is 1. The third kappa shape index (κ3) is 4.94. The molecule has 1 aliphatic carbocycles. The molecule has 3 N–H and O–H groups in total. The molecule has 1 aliphatic rings. The molecule has 3 aromatic heterocycles. The summed E-state index contributed by atoms with van der Waals surface area (Å²) in [5.41, 5.74) is 3.36. The van der Waals surface area contributed by atoms with Crippen molar-refractivity contribution in [2.75, 3.05) is 12.4 Å². The summed E-state index contributed by atoms with van der Waals surface area (Å²) < 4.78 is 33.5. The van der Waals surface area contributed by atoms with Crippen LogP contribution in [0.5, 0.6) is 5.88 Å². The molecule has 11 heteroatoms. The number of fused-ring (bicyclic) bond motifs is 2. The molecule has 0 atom stereocenters. The molecule has 196 valence electrons. The lowest BCUT2D eigenvalue weighted by Crippen LogP contribution is -2.49. The minimum Gasteiger partial charge on any atom is -0.480 e. The molecule has 4 aromatic rings. The van der Waals surface area contributed by atoms with Crippen LogP contribution in [0.3, 0.4) is 0 Å². The van der Waals surface area contributed by atoms with Gasteiger partial charge < -0.3 is 24.9 Å². The van der Waals surface area contributed by atoms with Crippen LogP contribution >= 0.6 is 0 Å². The van der Waals surface area contributed by atoms with E-state index in [0.717, 1.165) is 36.8 Å². The molecule has 9 nitrogen and oxygen atoms in total. The zero-order valence-electron chi connectivity index (χ0n) is 21.4. The quantitative estimate of drug-likeness (QED) is 0.329. The number of hydrogen-bond acceptors (Lipinski definition) is 6. The Morgan fingerprint density at radius 3 is 2.70 bits per heavy atom. The Bertz CT molecular complexity index is 1450. The molecular formula is C26H31F2N7O2. The molecule has 0 saturated heterocycles. The minimum atomic E-state index is -2.48. The second-order valence-electron chi connectivity index (χ2n) is 10.0. The molecule has 0 unspecified atom stereocenters. The number of aryl methyl sites for hydroxylation is 1. The molecule has 5 rings (SSSR count). The number of aromatic nitrogens is 5. The number of imidazole rings is 1. The molecule has 37 heavy (non-hydrogen) atoms. The number of nitrogens with one attached hydrogen (secondary N) is 3. The Hall–Kier alpha value is -3.76. The van der Waals surface area contributed by atoms with Crippen molar-refractivity contribution >= 4 is 33.9 Å². The average Bonchev–Trinajstić information content (AvgIpc) is 3.40. The molecule has 0 bridgehead atoms. The van der Waals surface area contributed by atoms with Crippen LogP contribution in [-0.4, -0.2) is 55.5 Å². The van der Waals surface area contributed by atoms with Crippen molar-refractivity contribution in [1.29, 1.82) is 0 Å². The van der Waals surface area contributed by atoms with Crippen LogP contribution < -0.4 is 15.4 Å². The highest BCUT2D eigenvalue weighted by molar-refractivity contribution is 5.99. The number of aromatic amines is 1. The second kappa shape index (κ2) is 9.60. The number of nitrogens with zero attached hydrogens (tertiary/aromatic N) is 4. The summed E-state index contributed by atoms with van der Waals surface area (Å²) in [5.74, 6) is 1.41. The Labute approximate surface area is 213 Å². The average molecular weight is 512 g/mol. The van der Waals surface area contributed by atoms with E-state index in [1.54, 1.807) is 21.0 Å². The van der Waals surface area contributed by atoms with Crippen LogP contribution in [0.4, 0.5) is 14.7 Å². The third-order valence-corrected chi connectivity index (χ3v) is 7.16. The Morgan fingerprint density at radius 1 is 1.27 bits per heavy atom. The Kier molecular flexibility index (Phi) is 6.47. The summed E-state index contributed by atoms with van der Waals surface area (Å²) in [6.07, 6.45) is 2.83. The van der Waals surface area contributed by atoms with Crippen LogP contribution in [0.2, 0.25) is 0 Å². The number of benzene rings is 1. The molecule has 0 radical (unpaired) electrons. The first-order valence-corrected chi connectivity index (χ1v) is 12.4.